The molecule has 2 heterocycles. The number of carbonyl (C=O) groups excluding carboxylic acids is 1. The molecule has 1 amide bonds. The Morgan fingerprint density at radius 1 is 1.08 bits per heavy atom. The van der Waals surface area contributed by atoms with Crippen molar-refractivity contribution in [1.29, 1.82) is 0 Å². The standard InChI is InChI=1S/C15H11F6N3O2/c16-14(17,18)7-3-8(15(19,20)21)5-9(4-7)22-13(25)12-10-6-26-2-1-11(10)23-24-12/h3-5H,1-2,6H2,(H,22,25)(H,23,24). The molecule has 140 valence electrons. The van der Waals surface area contributed by atoms with Crippen molar-refractivity contribution in [1.82, 2.24) is 10.2 Å². The van der Waals surface area contributed by atoms with Crippen LogP contribution >= 0.6 is 0 Å². The lowest BCUT2D eigenvalue weighted by Gasteiger charge is -2.15. The number of rotatable bonds is 2. The van der Waals surface area contributed by atoms with Crippen LogP contribution in [0.1, 0.15) is 32.9 Å². The van der Waals surface area contributed by atoms with Gasteiger partial charge in [0.2, 0.25) is 0 Å². The summed E-state index contributed by atoms with van der Waals surface area (Å²) in [6.07, 6.45) is -9.53. The quantitative estimate of drug-likeness (QED) is 0.781. The van der Waals surface area contributed by atoms with Gasteiger partial charge < -0.3 is 10.1 Å². The van der Waals surface area contributed by atoms with E-state index < -0.39 is 35.1 Å². The van der Waals surface area contributed by atoms with E-state index in [1.807, 2.05) is 5.32 Å². The van der Waals surface area contributed by atoms with Crippen molar-refractivity contribution < 1.29 is 35.9 Å². The van der Waals surface area contributed by atoms with E-state index in [-0.39, 0.29) is 18.4 Å². The first-order valence-electron chi connectivity index (χ1n) is 7.30. The van der Waals surface area contributed by atoms with Crippen LogP contribution in [-0.4, -0.2) is 22.7 Å². The average Bonchev–Trinajstić information content (AvgIpc) is 2.97. The van der Waals surface area contributed by atoms with Crippen molar-refractivity contribution in [2.24, 2.45) is 0 Å². The summed E-state index contributed by atoms with van der Waals surface area (Å²) < 4.78 is 82.3. The number of nitrogens with one attached hydrogen (secondary N) is 2. The number of aromatic amines is 1. The van der Waals surface area contributed by atoms with Gasteiger partial charge in [0.05, 0.1) is 24.3 Å². The summed E-state index contributed by atoms with van der Waals surface area (Å²) in [4.78, 5) is 12.3. The van der Waals surface area contributed by atoms with E-state index in [1.54, 1.807) is 0 Å². The fraction of sp³-hybridized carbons (Fsp3) is 0.333. The summed E-state index contributed by atoms with van der Waals surface area (Å²) in [5.74, 6) is -0.930. The van der Waals surface area contributed by atoms with Crippen molar-refractivity contribution >= 4 is 11.6 Å². The Bertz CT molecular complexity index is 809. The van der Waals surface area contributed by atoms with Gasteiger partial charge in [-0.2, -0.15) is 31.4 Å². The van der Waals surface area contributed by atoms with Crippen molar-refractivity contribution in [3.63, 3.8) is 0 Å². The van der Waals surface area contributed by atoms with Gasteiger partial charge in [-0.25, -0.2) is 0 Å². The molecule has 0 unspecified atom stereocenters. The molecule has 2 N–H and O–H groups in total. The molecule has 2 aromatic rings. The zero-order valence-electron chi connectivity index (χ0n) is 12.9. The third-order valence-electron chi connectivity index (χ3n) is 3.76. The number of aromatic nitrogens is 2. The number of amides is 1. The molecule has 26 heavy (non-hydrogen) atoms. The summed E-state index contributed by atoms with van der Waals surface area (Å²) >= 11 is 0. The monoisotopic (exact) mass is 379 g/mol. The normalized spacial score (nSPS) is 14.8. The van der Waals surface area contributed by atoms with Crippen LogP contribution in [0.2, 0.25) is 0 Å². The number of ether oxygens (including phenoxy) is 1. The first kappa shape index (κ1) is 18.2. The lowest BCUT2D eigenvalue weighted by atomic mass is 10.1. The average molecular weight is 379 g/mol. The molecular weight excluding hydrogens is 368 g/mol. The molecule has 1 aromatic heterocycles. The first-order valence-corrected chi connectivity index (χ1v) is 7.30. The van der Waals surface area contributed by atoms with E-state index >= 15 is 0 Å². The Morgan fingerprint density at radius 3 is 2.27 bits per heavy atom. The molecule has 1 aliphatic heterocycles. The molecule has 0 radical (unpaired) electrons. The lowest BCUT2D eigenvalue weighted by Crippen LogP contribution is -2.18. The van der Waals surface area contributed by atoms with Crippen LogP contribution in [0.5, 0.6) is 0 Å². The number of carbonyl (C=O) groups is 1. The van der Waals surface area contributed by atoms with Gasteiger partial charge in [-0.15, -0.1) is 0 Å². The van der Waals surface area contributed by atoms with E-state index in [0.717, 1.165) is 0 Å². The van der Waals surface area contributed by atoms with Crippen molar-refractivity contribution in [3.05, 3.63) is 46.3 Å². The van der Waals surface area contributed by atoms with Crippen LogP contribution in [0, 0.1) is 0 Å². The lowest BCUT2D eigenvalue weighted by molar-refractivity contribution is -0.143. The predicted octanol–water partition coefficient (Wildman–Crippen LogP) is 3.77. The second kappa shape index (κ2) is 6.31. The van der Waals surface area contributed by atoms with Crippen LogP contribution < -0.4 is 5.32 Å². The van der Waals surface area contributed by atoms with Crippen LogP contribution in [0.3, 0.4) is 0 Å². The van der Waals surface area contributed by atoms with Crippen LogP contribution in [0.25, 0.3) is 0 Å². The number of anilines is 1. The van der Waals surface area contributed by atoms with Gasteiger partial charge in [0.1, 0.15) is 0 Å². The fourth-order valence-corrected chi connectivity index (χ4v) is 2.52. The molecule has 1 aromatic carbocycles. The Labute approximate surface area is 142 Å². The van der Waals surface area contributed by atoms with Crippen molar-refractivity contribution in [2.45, 2.75) is 25.4 Å². The number of hydrogen-bond donors (Lipinski definition) is 2. The smallest absolute Gasteiger partial charge is 0.376 e. The van der Waals surface area contributed by atoms with Crippen molar-refractivity contribution in [3.8, 4) is 0 Å². The number of nitrogens with zero attached hydrogens (tertiary/aromatic N) is 1. The fourth-order valence-electron chi connectivity index (χ4n) is 2.52. The minimum atomic E-state index is -5.00. The Kier molecular flexibility index (Phi) is 4.42. The highest BCUT2D eigenvalue weighted by molar-refractivity contribution is 6.04. The minimum Gasteiger partial charge on any atom is -0.376 e. The highest BCUT2D eigenvalue weighted by Gasteiger charge is 2.37. The van der Waals surface area contributed by atoms with Gasteiger partial charge in [-0.1, -0.05) is 0 Å². The molecule has 0 fully saturated rings. The molecule has 1 aliphatic rings. The molecule has 0 atom stereocenters. The second-order valence-corrected chi connectivity index (χ2v) is 5.58. The number of hydrogen-bond acceptors (Lipinski definition) is 3. The van der Waals surface area contributed by atoms with Crippen molar-refractivity contribution in [2.75, 3.05) is 11.9 Å². The molecule has 0 saturated carbocycles. The van der Waals surface area contributed by atoms with E-state index in [0.29, 0.717) is 36.4 Å². The zero-order valence-corrected chi connectivity index (χ0v) is 12.9. The largest absolute Gasteiger partial charge is 0.416 e. The maximum atomic E-state index is 12.9. The maximum absolute atomic E-state index is 12.9. The van der Waals surface area contributed by atoms with Gasteiger partial charge >= 0.3 is 12.4 Å². The Morgan fingerprint density at radius 2 is 1.69 bits per heavy atom. The second-order valence-electron chi connectivity index (χ2n) is 5.58. The first-order chi connectivity index (χ1) is 12.1. The van der Waals surface area contributed by atoms with Crippen LogP contribution in [0.15, 0.2) is 18.2 Å². The van der Waals surface area contributed by atoms with Gasteiger partial charge in [0, 0.05) is 23.4 Å². The third kappa shape index (κ3) is 3.66. The topological polar surface area (TPSA) is 67.0 Å². The van der Waals surface area contributed by atoms with Crippen LogP contribution in [-0.2, 0) is 30.1 Å². The van der Waals surface area contributed by atoms with E-state index in [9.17, 15) is 31.1 Å². The third-order valence-corrected chi connectivity index (χ3v) is 3.76. The summed E-state index contributed by atoms with van der Waals surface area (Å²) in [6, 6.07) is 0.853. The number of alkyl halides is 6. The summed E-state index contributed by atoms with van der Waals surface area (Å²) in [5.41, 5.74) is -2.74. The molecule has 0 spiro atoms. The summed E-state index contributed by atoms with van der Waals surface area (Å²) in [7, 11) is 0. The van der Waals surface area contributed by atoms with Gasteiger partial charge in [0.15, 0.2) is 5.69 Å². The number of H-pyrrole nitrogens is 1. The molecule has 0 saturated heterocycles. The van der Waals surface area contributed by atoms with Gasteiger partial charge in [0.25, 0.3) is 5.91 Å². The van der Waals surface area contributed by atoms with E-state index in [4.69, 9.17) is 4.74 Å². The van der Waals surface area contributed by atoms with Gasteiger partial charge in [-0.3, -0.25) is 9.89 Å². The zero-order chi connectivity index (χ0) is 19.1. The molecule has 11 heteroatoms. The molecule has 5 nitrogen and oxygen atoms in total. The Balaban J connectivity index is 1.94. The summed E-state index contributed by atoms with van der Waals surface area (Å²) in [6.45, 7) is 0.490. The highest BCUT2D eigenvalue weighted by atomic mass is 19.4. The minimum absolute atomic E-state index is 0.0140. The maximum Gasteiger partial charge on any atom is 0.416 e. The number of fused-ring (bicyclic) bond motifs is 1. The molecule has 3 rings (SSSR count). The van der Waals surface area contributed by atoms with Gasteiger partial charge in [-0.05, 0) is 18.2 Å². The highest BCUT2D eigenvalue weighted by Crippen LogP contribution is 2.37. The SMILES string of the molecule is O=C(Nc1cc(C(F)(F)F)cc(C(F)(F)F)c1)c1n[nH]c2c1COCC2. The number of halogens is 6. The molecule has 0 bridgehead atoms. The predicted molar refractivity (Wildman–Crippen MR) is 76.3 cm³/mol. The molecule has 0 aliphatic carbocycles. The number of benzene rings is 1. The van der Waals surface area contributed by atoms with E-state index in [1.165, 1.54) is 0 Å². The Hall–Kier alpha value is -2.56. The summed E-state index contributed by atoms with van der Waals surface area (Å²) in [5, 5.41) is 8.43. The van der Waals surface area contributed by atoms with Crippen LogP contribution in [0.4, 0.5) is 32.0 Å². The van der Waals surface area contributed by atoms with E-state index in [2.05, 4.69) is 10.2 Å². The molecular formula is C15H11F6N3O2.